The van der Waals surface area contributed by atoms with Crippen molar-refractivity contribution in [3.05, 3.63) is 71.2 Å². The lowest BCUT2D eigenvalue weighted by Crippen LogP contribution is -2.13. The fourth-order valence-electron chi connectivity index (χ4n) is 2.93. The summed E-state index contributed by atoms with van der Waals surface area (Å²) in [6.07, 6.45) is 0. The van der Waals surface area contributed by atoms with E-state index in [9.17, 15) is 9.59 Å². The normalized spacial score (nSPS) is 10.7. The number of anilines is 1. The van der Waals surface area contributed by atoms with Crippen LogP contribution in [0.3, 0.4) is 0 Å². The number of ketones is 1. The molecule has 2 aromatic carbocycles. The van der Waals surface area contributed by atoms with E-state index in [0.717, 1.165) is 22.2 Å². The van der Waals surface area contributed by atoms with Gasteiger partial charge in [0.15, 0.2) is 10.9 Å². The van der Waals surface area contributed by atoms with Crippen molar-refractivity contribution in [3.63, 3.8) is 0 Å². The third-order valence-corrected chi connectivity index (χ3v) is 5.19. The number of pyridine rings is 1. The molecule has 0 aliphatic carbocycles. The van der Waals surface area contributed by atoms with Crippen LogP contribution in [0.25, 0.3) is 22.2 Å². The number of nitrogens with zero attached hydrogens (tertiary/aromatic N) is 2. The predicted octanol–water partition coefficient (Wildman–Crippen LogP) is 4.82. The highest BCUT2D eigenvalue weighted by atomic mass is 32.1. The summed E-state index contributed by atoms with van der Waals surface area (Å²) in [5.41, 5.74) is 3.10. The van der Waals surface area contributed by atoms with Crippen molar-refractivity contribution in [1.82, 2.24) is 9.97 Å². The number of para-hydroxylation sites is 1. The van der Waals surface area contributed by atoms with Crippen molar-refractivity contribution in [3.8, 4) is 17.0 Å². The van der Waals surface area contributed by atoms with Gasteiger partial charge in [-0.05, 0) is 36.4 Å². The molecule has 144 valence electrons. The number of aromatic nitrogens is 2. The maximum absolute atomic E-state index is 13.0. The van der Waals surface area contributed by atoms with Crippen LogP contribution in [0.1, 0.15) is 27.8 Å². The molecule has 0 saturated heterocycles. The van der Waals surface area contributed by atoms with Crippen LogP contribution in [0.15, 0.2) is 60.0 Å². The van der Waals surface area contributed by atoms with Crippen molar-refractivity contribution in [2.24, 2.45) is 0 Å². The highest BCUT2D eigenvalue weighted by Crippen LogP contribution is 2.27. The standard InChI is InChI=1S/C22H17N3O3S/c1-13(26)20-12-29-22(24-20)25-21(27)17-11-19(14-7-9-15(28-2)10-8-14)23-18-6-4-3-5-16(17)18/h3-12H,1-2H3,(H,24,25,27). The number of hydrogen-bond donors (Lipinski definition) is 1. The molecule has 1 N–H and O–H groups in total. The average Bonchev–Trinajstić information content (AvgIpc) is 3.22. The number of hydrogen-bond acceptors (Lipinski definition) is 6. The number of Topliss-reactive ketones (excluding diaryl/α,β-unsaturated/α-hetero) is 1. The molecule has 29 heavy (non-hydrogen) atoms. The van der Waals surface area contributed by atoms with Gasteiger partial charge >= 0.3 is 0 Å². The summed E-state index contributed by atoms with van der Waals surface area (Å²) in [4.78, 5) is 33.3. The smallest absolute Gasteiger partial charge is 0.258 e. The number of ether oxygens (including phenoxy) is 1. The van der Waals surface area contributed by atoms with Crippen LogP contribution in [-0.4, -0.2) is 28.8 Å². The summed E-state index contributed by atoms with van der Waals surface area (Å²) >= 11 is 1.22. The molecule has 0 spiro atoms. The molecule has 0 saturated carbocycles. The van der Waals surface area contributed by atoms with E-state index in [1.54, 1.807) is 18.6 Å². The van der Waals surface area contributed by atoms with Gasteiger partial charge in [-0.3, -0.25) is 14.9 Å². The van der Waals surface area contributed by atoms with Crippen LogP contribution in [0, 0.1) is 0 Å². The van der Waals surface area contributed by atoms with Crippen molar-refractivity contribution in [2.45, 2.75) is 6.92 Å². The van der Waals surface area contributed by atoms with E-state index in [-0.39, 0.29) is 11.7 Å². The Morgan fingerprint density at radius 1 is 1.03 bits per heavy atom. The van der Waals surface area contributed by atoms with Crippen LogP contribution >= 0.6 is 11.3 Å². The Morgan fingerprint density at radius 2 is 1.79 bits per heavy atom. The minimum atomic E-state index is -0.303. The predicted molar refractivity (Wildman–Crippen MR) is 114 cm³/mol. The average molecular weight is 403 g/mol. The van der Waals surface area contributed by atoms with E-state index in [0.29, 0.717) is 22.1 Å². The quantitative estimate of drug-likeness (QED) is 0.483. The second-order valence-corrected chi connectivity index (χ2v) is 7.21. The summed E-state index contributed by atoms with van der Waals surface area (Å²) < 4.78 is 5.21. The van der Waals surface area contributed by atoms with Gasteiger partial charge < -0.3 is 4.74 Å². The number of benzene rings is 2. The number of nitrogens with one attached hydrogen (secondary N) is 1. The van der Waals surface area contributed by atoms with Gasteiger partial charge in [-0.15, -0.1) is 11.3 Å². The van der Waals surface area contributed by atoms with Crippen LogP contribution in [-0.2, 0) is 0 Å². The van der Waals surface area contributed by atoms with E-state index in [1.165, 1.54) is 18.3 Å². The Morgan fingerprint density at radius 3 is 2.48 bits per heavy atom. The molecule has 0 aliphatic rings. The van der Waals surface area contributed by atoms with Gasteiger partial charge in [0.05, 0.1) is 23.9 Å². The minimum Gasteiger partial charge on any atom is -0.497 e. The fourth-order valence-corrected chi connectivity index (χ4v) is 3.67. The Labute approximate surface area is 171 Å². The van der Waals surface area contributed by atoms with E-state index in [2.05, 4.69) is 10.3 Å². The number of methoxy groups -OCH3 is 1. The van der Waals surface area contributed by atoms with Gasteiger partial charge in [0.25, 0.3) is 5.91 Å². The van der Waals surface area contributed by atoms with Crippen LogP contribution < -0.4 is 10.1 Å². The molecule has 4 aromatic rings. The number of amides is 1. The molecule has 2 heterocycles. The Hall–Kier alpha value is -3.58. The SMILES string of the molecule is COc1ccc(-c2cc(C(=O)Nc3nc(C(C)=O)cs3)c3ccccc3n2)cc1. The first-order chi connectivity index (χ1) is 14.0. The molecule has 4 rings (SSSR count). The lowest BCUT2D eigenvalue weighted by atomic mass is 10.0. The summed E-state index contributed by atoms with van der Waals surface area (Å²) in [6, 6.07) is 16.7. The maximum Gasteiger partial charge on any atom is 0.258 e. The third-order valence-electron chi connectivity index (χ3n) is 4.43. The van der Waals surface area contributed by atoms with Crippen molar-refractivity contribution < 1.29 is 14.3 Å². The van der Waals surface area contributed by atoms with E-state index in [4.69, 9.17) is 9.72 Å². The van der Waals surface area contributed by atoms with Crippen molar-refractivity contribution in [2.75, 3.05) is 12.4 Å². The lowest BCUT2D eigenvalue weighted by molar-refractivity contribution is 0.100. The van der Waals surface area contributed by atoms with Gasteiger partial charge in [0.2, 0.25) is 0 Å². The maximum atomic E-state index is 13.0. The van der Waals surface area contributed by atoms with E-state index >= 15 is 0 Å². The highest BCUT2D eigenvalue weighted by Gasteiger charge is 2.16. The van der Waals surface area contributed by atoms with Crippen LogP contribution in [0.4, 0.5) is 5.13 Å². The topological polar surface area (TPSA) is 81.2 Å². The largest absolute Gasteiger partial charge is 0.497 e. The van der Waals surface area contributed by atoms with Gasteiger partial charge in [-0.25, -0.2) is 9.97 Å². The van der Waals surface area contributed by atoms with Gasteiger partial charge in [0, 0.05) is 23.3 Å². The fraction of sp³-hybridized carbons (Fsp3) is 0.0909. The second-order valence-electron chi connectivity index (χ2n) is 6.35. The molecule has 0 bridgehead atoms. The van der Waals surface area contributed by atoms with Gasteiger partial charge in [-0.2, -0.15) is 0 Å². The number of fused-ring (bicyclic) bond motifs is 1. The third kappa shape index (κ3) is 3.86. The summed E-state index contributed by atoms with van der Waals surface area (Å²) in [6.45, 7) is 1.44. The van der Waals surface area contributed by atoms with E-state index < -0.39 is 0 Å². The Balaban J connectivity index is 1.75. The molecule has 0 fully saturated rings. The number of carbonyl (C=O) groups is 2. The molecule has 7 heteroatoms. The Kier molecular flexibility index (Phi) is 5.05. The van der Waals surface area contributed by atoms with Crippen LogP contribution in [0.2, 0.25) is 0 Å². The zero-order valence-electron chi connectivity index (χ0n) is 15.8. The van der Waals surface area contributed by atoms with Gasteiger partial charge in [-0.1, -0.05) is 18.2 Å². The molecule has 0 aliphatic heterocycles. The van der Waals surface area contributed by atoms with Crippen molar-refractivity contribution >= 4 is 39.1 Å². The molecular weight excluding hydrogens is 386 g/mol. The zero-order valence-corrected chi connectivity index (χ0v) is 16.6. The number of rotatable bonds is 5. The van der Waals surface area contributed by atoms with Crippen LogP contribution in [0.5, 0.6) is 5.75 Å². The van der Waals surface area contributed by atoms with E-state index in [1.807, 2.05) is 48.5 Å². The molecule has 1 amide bonds. The molecular formula is C22H17N3O3S. The lowest BCUT2D eigenvalue weighted by Gasteiger charge is -2.10. The first-order valence-electron chi connectivity index (χ1n) is 8.87. The first kappa shape index (κ1) is 18.8. The van der Waals surface area contributed by atoms with Crippen molar-refractivity contribution in [1.29, 1.82) is 0 Å². The van der Waals surface area contributed by atoms with Gasteiger partial charge in [0.1, 0.15) is 11.4 Å². The first-order valence-corrected chi connectivity index (χ1v) is 9.75. The number of thiazole rings is 1. The molecule has 0 atom stereocenters. The highest BCUT2D eigenvalue weighted by molar-refractivity contribution is 7.14. The molecule has 0 unspecified atom stereocenters. The zero-order chi connectivity index (χ0) is 20.4. The monoisotopic (exact) mass is 403 g/mol. The molecule has 6 nitrogen and oxygen atoms in total. The summed E-state index contributed by atoms with van der Waals surface area (Å²) in [5, 5.41) is 5.54. The number of carbonyl (C=O) groups excluding carboxylic acids is 2. The second kappa shape index (κ2) is 7.81. The summed E-state index contributed by atoms with van der Waals surface area (Å²) in [7, 11) is 1.61. The summed E-state index contributed by atoms with van der Waals surface area (Å²) in [5.74, 6) is 0.304. The molecule has 2 aromatic heterocycles. The minimum absolute atomic E-state index is 0.141. The molecule has 0 radical (unpaired) electrons. The Bertz CT molecular complexity index is 1220.